The highest BCUT2D eigenvalue weighted by molar-refractivity contribution is 6.30. The van der Waals surface area contributed by atoms with Gasteiger partial charge in [0.25, 0.3) is 0 Å². The molecule has 1 aliphatic rings. The molecule has 0 spiro atoms. The normalized spacial score (nSPS) is 14.6. The van der Waals surface area contributed by atoms with E-state index in [1.54, 1.807) is 0 Å². The first-order chi connectivity index (χ1) is 17.9. The van der Waals surface area contributed by atoms with Crippen LogP contribution in [0, 0.1) is 13.8 Å². The van der Waals surface area contributed by atoms with Crippen LogP contribution in [0.25, 0.3) is 22.0 Å². The predicted molar refractivity (Wildman–Crippen MR) is 153 cm³/mol. The Bertz CT molecular complexity index is 1360. The van der Waals surface area contributed by atoms with Crippen molar-refractivity contribution < 1.29 is 4.52 Å². The molecule has 0 atom stereocenters. The molecule has 0 aliphatic carbocycles. The molecule has 0 unspecified atom stereocenters. The third-order valence-corrected chi connectivity index (χ3v) is 7.28. The summed E-state index contributed by atoms with van der Waals surface area (Å²) in [6, 6.07) is 16.6. The fourth-order valence-electron chi connectivity index (χ4n) is 5.00. The monoisotopic (exact) mass is 518 g/mol. The van der Waals surface area contributed by atoms with E-state index in [1.807, 2.05) is 32.0 Å². The number of nitrogens with zero attached hydrogens (tertiary/aromatic N) is 5. The highest BCUT2D eigenvalue weighted by Crippen LogP contribution is 2.35. The molecule has 8 heteroatoms. The Labute approximate surface area is 224 Å². The van der Waals surface area contributed by atoms with E-state index in [4.69, 9.17) is 21.1 Å². The zero-order valence-electron chi connectivity index (χ0n) is 22.1. The summed E-state index contributed by atoms with van der Waals surface area (Å²) in [5.41, 5.74) is 6.37. The van der Waals surface area contributed by atoms with Crippen molar-refractivity contribution in [2.45, 2.75) is 20.4 Å². The molecule has 5 rings (SSSR count). The van der Waals surface area contributed by atoms with Crippen LogP contribution in [0.5, 0.6) is 0 Å². The van der Waals surface area contributed by atoms with Gasteiger partial charge in [-0.25, -0.2) is 4.98 Å². The number of nitrogens with one attached hydrogen (secondary N) is 1. The number of hydrogen-bond acceptors (Lipinski definition) is 7. The highest BCUT2D eigenvalue weighted by Gasteiger charge is 2.21. The van der Waals surface area contributed by atoms with Gasteiger partial charge in [0.2, 0.25) is 0 Å². The zero-order chi connectivity index (χ0) is 25.9. The van der Waals surface area contributed by atoms with E-state index in [0.29, 0.717) is 6.54 Å². The van der Waals surface area contributed by atoms with E-state index in [1.165, 1.54) is 5.69 Å². The van der Waals surface area contributed by atoms with E-state index in [9.17, 15) is 0 Å². The van der Waals surface area contributed by atoms with Crippen molar-refractivity contribution in [1.82, 2.24) is 19.9 Å². The first-order valence-corrected chi connectivity index (χ1v) is 13.2. The van der Waals surface area contributed by atoms with Crippen molar-refractivity contribution in [3.05, 3.63) is 70.6 Å². The molecule has 37 heavy (non-hydrogen) atoms. The summed E-state index contributed by atoms with van der Waals surface area (Å²) in [5, 5.41) is 9.58. The fraction of sp³-hybridized carbons (Fsp3) is 0.379. The molecule has 2 aromatic carbocycles. The Morgan fingerprint density at radius 2 is 1.84 bits per heavy atom. The van der Waals surface area contributed by atoms with Gasteiger partial charge in [-0.2, -0.15) is 0 Å². The van der Waals surface area contributed by atoms with Gasteiger partial charge in [-0.3, -0.25) is 4.90 Å². The first-order valence-electron chi connectivity index (χ1n) is 12.9. The lowest BCUT2D eigenvalue weighted by Gasteiger charge is -2.37. The lowest BCUT2D eigenvalue weighted by Crippen LogP contribution is -2.48. The molecule has 0 radical (unpaired) electrons. The molecule has 1 aliphatic heterocycles. The fourth-order valence-corrected chi connectivity index (χ4v) is 5.22. The molecule has 4 aromatic rings. The van der Waals surface area contributed by atoms with Crippen molar-refractivity contribution in [1.29, 1.82) is 0 Å². The number of piperazine rings is 1. The average molecular weight is 519 g/mol. The number of pyridine rings is 1. The molecular formula is C29H35ClN6O. The molecule has 194 valence electrons. The number of halogens is 1. The number of fused-ring (bicyclic) bond motifs is 1. The van der Waals surface area contributed by atoms with Crippen LogP contribution in [0.1, 0.15) is 17.0 Å². The summed E-state index contributed by atoms with van der Waals surface area (Å²) >= 11 is 6.19. The van der Waals surface area contributed by atoms with Crippen molar-refractivity contribution in [3.63, 3.8) is 0 Å². The van der Waals surface area contributed by atoms with Crippen LogP contribution in [0.4, 0.5) is 11.5 Å². The second-order valence-corrected chi connectivity index (χ2v) is 10.5. The number of aromatic nitrogens is 2. The van der Waals surface area contributed by atoms with Crippen LogP contribution in [0.2, 0.25) is 5.02 Å². The van der Waals surface area contributed by atoms with Crippen LogP contribution in [0.3, 0.4) is 0 Å². The quantitative estimate of drug-likeness (QED) is 0.332. The Hall–Kier alpha value is -3.13. The number of likely N-dealkylation sites (N-methyl/N-ethyl adjacent to an activating group) is 1. The zero-order valence-corrected chi connectivity index (χ0v) is 22.8. The molecule has 0 bridgehead atoms. The average Bonchev–Trinajstić information content (AvgIpc) is 3.23. The molecule has 0 amide bonds. The Morgan fingerprint density at radius 3 is 2.54 bits per heavy atom. The Kier molecular flexibility index (Phi) is 7.65. The Balaban J connectivity index is 1.47. The summed E-state index contributed by atoms with van der Waals surface area (Å²) in [7, 11) is 4.27. The SMILES string of the molecule is Cc1noc(C)c1-c1ccc2nc(NCc3cccc(Cl)c3)cc(N3CCN(CCN(C)C)CC3)c2c1. The van der Waals surface area contributed by atoms with Crippen molar-refractivity contribution >= 4 is 34.0 Å². The van der Waals surface area contributed by atoms with Crippen LogP contribution in [-0.2, 0) is 6.54 Å². The molecular weight excluding hydrogens is 484 g/mol. The van der Waals surface area contributed by atoms with Gasteiger partial charge in [0.15, 0.2) is 0 Å². The van der Waals surface area contributed by atoms with Crippen molar-refractivity contribution in [3.8, 4) is 11.1 Å². The predicted octanol–water partition coefficient (Wildman–Crippen LogP) is 5.46. The van der Waals surface area contributed by atoms with Gasteiger partial charge in [0.05, 0.1) is 11.2 Å². The second kappa shape index (κ2) is 11.1. The molecule has 2 aromatic heterocycles. The van der Waals surface area contributed by atoms with E-state index in [2.05, 4.69) is 69.6 Å². The summed E-state index contributed by atoms with van der Waals surface area (Å²) < 4.78 is 5.46. The standard InChI is InChI=1S/C29H35ClN6O/c1-20-29(21(2)37-33-20)23-8-9-26-25(17-23)27(36-14-12-35(13-15-36)11-10-34(3)4)18-28(32-26)31-19-22-6-5-7-24(30)16-22/h5-9,16-18H,10-15,19H2,1-4H3,(H,31,32). The number of aryl methyl sites for hydroxylation is 2. The van der Waals surface area contributed by atoms with E-state index < -0.39 is 0 Å². The van der Waals surface area contributed by atoms with Gasteiger partial charge in [-0.05, 0) is 63.3 Å². The lowest BCUT2D eigenvalue weighted by molar-refractivity contribution is 0.229. The summed E-state index contributed by atoms with van der Waals surface area (Å²) in [4.78, 5) is 12.3. The lowest BCUT2D eigenvalue weighted by atomic mass is 10.0. The summed E-state index contributed by atoms with van der Waals surface area (Å²) in [6.07, 6.45) is 0. The van der Waals surface area contributed by atoms with Crippen molar-refractivity contribution in [2.75, 3.05) is 63.6 Å². The minimum atomic E-state index is 0.661. The van der Waals surface area contributed by atoms with Gasteiger partial charge in [-0.15, -0.1) is 0 Å². The molecule has 1 N–H and O–H groups in total. The maximum absolute atomic E-state index is 6.19. The van der Waals surface area contributed by atoms with E-state index in [-0.39, 0.29) is 0 Å². The highest BCUT2D eigenvalue weighted by atomic mass is 35.5. The van der Waals surface area contributed by atoms with E-state index in [0.717, 1.165) is 89.2 Å². The number of hydrogen-bond donors (Lipinski definition) is 1. The third-order valence-electron chi connectivity index (χ3n) is 7.05. The molecule has 0 saturated carbocycles. The summed E-state index contributed by atoms with van der Waals surface area (Å²) in [6.45, 7) is 10.9. The first kappa shape index (κ1) is 25.5. The van der Waals surface area contributed by atoms with Crippen LogP contribution in [-0.4, -0.2) is 73.3 Å². The van der Waals surface area contributed by atoms with Gasteiger partial charge in [-0.1, -0.05) is 35.0 Å². The Morgan fingerprint density at radius 1 is 1.03 bits per heavy atom. The molecule has 1 fully saturated rings. The molecule has 7 nitrogen and oxygen atoms in total. The molecule has 3 heterocycles. The maximum Gasteiger partial charge on any atom is 0.141 e. The van der Waals surface area contributed by atoms with Gasteiger partial charge >= 0.3 is 0 Å². The van der Waals surface area contributed by atoms with Gasteiger partial charge in [0, 0.05) is 73.5 Å². The minimum Gasteiger partial charge on any atom is -0.368 e. The largest absolute Gasteiger partial charge is 0.368 e. The maximum atomic E-state index is 6.19. The summed E-state index contributed by atoms with van der Waals surface area (Å²) in [5.74, 6) is 1.70. The van der Waals surface area contributed by atoms with Gasteiger partial charge in [0.1, 0.15) is 11.6 Å². The van der Waals surface area contributed by atoms with Crippen LogP contribution in [0.15, 0.2) is 53.1 Å². The van der Waals surface area contributed by atoms with Gasteiger partial charge < -0.3 is 19.6 Å². The topological polar surface area (TPSA) is 60.7 Å². The number of benzene rings is 2. The second-order valence-electron chi connectivity index (χ2n) is 10.1. The third kappa shape index (κ3) is 5.90. The minimum absolute atomic E-state index is 0.661. The number of rotatable bonds is 8. The smallest absolute Gasteiger partial charge is 0.141 e. The van der Waals surface area contributed by atoms with Crippen LogP contribution >= 0.6 is 11.6 Å². The van der Waals surface area contributed by atoms with Crippen LogP contribution < -0.4 is 10.2 Å². The van der Waals surface area contributed by atoms with Crippen molar-refractivity contribution in [2.24, 2.45) is 0 Å². The number of anilines is 2. The molecule has 1 saturated heterocycles. The van der Waals surface area contributed by atoms with E-state index >= 15 is 0 Å².